The van der Waals surface area contributed by atoms with Crippen LogP contribution >= 0.6 is 0 Å². The summed E-state index contributed by atoms with van der Waals surface area (Å²) in [5.74, 6) is 0. The number of aliphatic hydroxyl groups is 1. The Hall–Kier alpha value is -0.160. The Balaban J connectivity index is 3.40. The van der Waals surface area contributed by atoms with E-state index >= 15 is 0 Å². The highest BCUT2D eigenvalue weighted by Crippen LogP contribution is 2.11. The van der Waals surface area contributed by atoms with Crippen LogP contribution in [0.4, 0.5) is 0 Å². The third-order valence-electron chi connectivity index (χ3n) is 3.36. The fourth-order valence-electron chi connectivity index (χ4n) is 2.16. The lowest BCUT2D eigenvalue weighted by molar-refractivity contribution is 0.0260. The van der Waals surface area contributed by atoms with E-state index in [2.05, 4.69) is 0 Å². The molecule has 0 aromatic heterocycles. The standard InChI is InChI=1S/C16H33O4/c1-2-19-14-8-3-4-9-15-20-16(11-13-18)10-6-5-7-12-17/h16,18H,2-15H2,1H3. The summed E-state index contributed by atoms with van der Waals surface area (Å²) < 4.78 is 11.1. The van der Waals surface area contributed by atoms with Gasteiger partial charge in [-0.25, -0.2) is 5.11 Å². The summed E-state index contributed by atoms with van der Waals surface area (Å²) in [7, 11) is 0. The molecule has 0 bridgehead atoms. The van der Waals surface area contributed by atoms with Crippen LogP contribution in [-0.4, -0.2) is 44.2 Å². The minimum absolute atomic E-state index is 0.0211. The van der Waals surface area contributed by atoms with Gasteiger partial charge in [0.25, 0.3) is 0 Å². The fraction of sp³-hybridized carbons (Fsp3) is 1.00. The second-order valence-electron chi connectivity index (χ2n) is 5.17. The molecule has 0 spiro atoms. The molecule has 0 aromatic rings. The van der Waals surface area contributed by atoms with Gasteiger partial charge >= 0.3 is 0 Å². The molecule has 20 heavy (non-hydrogen) atoms. The number of unbranched alkanes of at least 4 members (excludes halogenated alkanes) is 5. The summed E-state index contributed by atoms with van der Waals surface area (Å²) in [5.41, 5.74) is 0. The van der Waals surface area contributed by atoms with Crippen molar-refractivity contribution in [3.05, 3.63) is 0 Å². The normalized spacial score (nSPS) is 12.8. The van der Waals surface area contributed by atoms with E-state index in [1.165, 1.54) is 12.8 Å². The highest BCUT2D eigenvalue weighted by molar-refractivity contribution is 4.58. The van der Waals surface area contributed by atoms with Gasteiger partial charge in [0, 0.05) is 26.4 Å². The first-order valence-corrected chi connectivity index (χ1v) is 8.23. The van der Waals surface area contributed by atoms with Crippen LogP contribution in [0.5, 0.6) is 0 Å². The molecule has 4 nitrogen and oxygen atoms in total. The molecule has 0 heterocycles. The van der Waals surface area contributed by atoms with Gasteiger partial charge in [-0.15, -0.1) is 0 Å². The first kappa shape index (κ1) is 19.8. The molecule has 0 aliphatic carbocycles. The van der Waals surface area contributed by atoms with Gasteiger partial charge in [0.15, 0.2) is 0 Å². The number of ether oxygens (including phenoxy) is 2. The van der Waals surface area contributed by atoms with Crippen LogP contribution in [0.3, 0.4) is 0 Å². The van der Waals surface area contributed by atoms with Crippen molar-refractivity contribution in [2.45, 2.75) is 70.8 Å². The molecule has 0 aliphatic rings. The Labute approximate surface area is 124 Å². The predicted octanol–water partition coefficient (Wildman–Crippen LogP) is 3.34. The number of aliphatic hydroxyl groups excluding tert-OH is 1. The third-order valence-corrected chi connectivity index (χ3v) is 3.36. The molecule has 0 saturated heterocycles. The minimum Gasteiger partial charge on any atom is -0.396 e. The van der Waals surface area contributed by atoms with Crippen molar-refractivity contribution in [1.29, 1.82) is 0 Å². The summed E-state index contributed by atoms with van der Waals surface area (Å²) >= 11 is 0. The summed E-state index contributed by atoms with van der Waals surface area (Å²) in [4.78, 5) is 0. The average Bonchev–Trinajstić information content (AvgIpc) is 2.46. The Morgan fingerprint density at radius 3 is 2.25 bits per heavy atom. The van der Waals surface area contributed by atoms with Gasteiger partial charge in [-0.2, -0.15) is 0 Å². The van der Waals surface area contributed by atoms with Crippen molar-refractivity contribution in [3.63, 3.8) is 0 Å². The highest BCUT2D eigenvalue weighted by Gasteiger charge is 2.08. The topological polar surface area (TPSA) is 58.6 Å². The molecule has 0 rings (SSSR count). The van der Waals surface area contributed by atoms with Gasteiger partial charge in [0.05, 0.1) is 12.7 Å². The lowest BCUT2D eigenvalue weighted by atomic mass is 10.1. The van der Waals surface area contributed by atoms with Crippen molar-refractivity contribution in [1.82, 2.24) is 0 Å². The molecule has 1 radical (unpaired) electrons. The smallest absolute Gasteiger partial charge is 0.0822 e. The number of hydrogen-bond acceptors (Lipinski definition) is 3. The van der Waals surface area contributed by atoms with E-state index in [0.29, 0.717) is 6.42 Å². The van der Waals surface area contributed by atoms with E-state index < -0.39 is 0 Å². The minimum atomic E-state index is 0.0211. The molecule has 0 aliphatic heterocycles. The van der Waals surface area contributed by atoms with E-state index in [9.17, 15) is 5.11 Å². The molecule has 0 aromatic carbocycles. The Morgan fingerprint density at radius 1 is 0.900 bits per heavy atom. The van der Waals surface area contributed by atoms with E-state index in [1.54, 1.807) is 0 Å². The number of rotatable bonds is 16. The second kappa shape index (κ2) is 16.9. The lowest BCUT2D eigenvalue weighted by Crippen LogP contribution is -2.15. The van der Waals surface area contributed by atoms with Gasteiger partial charge in [0.2, 0.25) is 0 Å². The summed E-state index contributed by atoms with van der Waals surface area (Å²) in [6.07, 6.45) is 9.17. The Morgan fingerprint density at radius 2 is 1.60 bits per heavy atom. The quantitative estimate of drug-likeness (QED) is 0.443. The van der Waals surface area contributed by atoms with Gasteiger partial charge in [0.1, 0.15) is 0 Å². The second-order valence-corrected chi connectivity index (χ2v) is 5.17. The predicted molar refractivity (Wildman–Crippen MR) is 80.4 cm³/mol. The summed E-state index contributed by atoms with van der Waals surface area (Å²) in [5, 5.41) is 19.4. The maximum Gasteiger partial charge on any atom is 0.0822 e. The summed E-state index contributed by atoms with van der Waals surface area (Å²) in [6, 6.07) is 0. The fourth-order valence-corrected chi connectivity index (χ4v) is 2.16. The van der Waals surface area contributed by atoms with Gasteiger partial charge in [-0.05, 0) is 39.0 Å². The largest absolute Gasteiger partial charge is 0.396 e. The zero-order chi connectivity index (χ0) is 14.9. The molecule has 1 N–H and O–H groups in total. The van der Waals surface area contributed by atoms with Crippen LogP contribution in [0.2, 0.25) is 0 Å². The monoisotopic (exact) mass is 289 g/mol. The molecule has 4 heteroatoms. The molecule has 121 valence electrons. The van der Waals surface area contributed by atoms with Gasteiger partial charge < -0.3 is 14.6 Å². The first-order valence-electron chi connectivity index (χ1n) is 8.23. The van der Waals surface area contributed by atoms with E-state index in [4.69, 9.17) is 14.6 Å². The lowest BCUT2D eigenvalue weighted by Gasteiger charge is -2.16. The number of hydrogen-bond donors (Lipinski definition) is 1. The van der Waals surface area contributed by atoms with Crippen LogP contribution in [0, 0.1) is 0 Å². The van der Waals surface area contributed by atoms with Crippen molar-refractivity contribution < 1.29 is 19.7 Å². The third kappa shape index (κ3) is 14.3. The molecular weight excluding hydrogens is 256 g/mol. The van der Waals surface area contributed by atoms with E-state index in [1.807, 2.05) is 6.92 Å². The van der Waals surface area contributed by atoms with Crippen LogP contribution in [-0.2, 0) is 14.6 Å². The Bertz CT molecular complexity index is 176. The molecule has 0 saturated carbocycles. The molecular formula is C16H33O4. The highest BCUT2D eigenvalue weighted by atomic mass is 16.5. The zero-order valence-electron chi connectivity index (χ0n) is 13.1. The van der Waals surface area contributed by atoms with Gasteiger partial charge in [-0.1, -0.05) is 25.7 Å². The van der Waals surface area contributed by atoms with Crippen molar-refractivity contribution in [3.8, 4) is 0 Å². The van der Waals surface area contributed by atoms with Crippen LogP contribution in [0.1, 0.15) is 64.7 Å². The SMILES string of the molecule is CCOCCCCCCOC(CCO)CCCCC[O]. The Kier molecular flexibility index (Phi) is 16.8. The van der Waals surface area contributed by atoms with Crippen LogP contribution in [0.15, 0.2) is 0 Å². The van der Waals surface area contributed by atoms with Crippen molar-refractivity contribution in [2.75, 3.05) is 33.0 Å². The molecule has 0 amide bonds. The van der Waals surface area contributed by atoms with Crippen molar-refractivity contribution in [2.24, 2.45) is 0 Å². The van der Waals surface area contributed by atoms with Crippen molar-refractivity contribution >= 4 is 0 Å². The molecule has 1 unspecified atom stereocenters. The maximum absolute atomic E-state index is 10.4. The molecule has 1 atom stereocenters. The van der Waals surface area contributed by atoms with E-state index in [-0.39, 0.29) is 19.3 Å². The average molecular weight is 289 g/mol. The summed E-state index contributed by atoms with van der Waals surface area (Å²) in [6.45, 7) is 4.67. The maximum atomic E-state index is 10.4. The van der Waals surface area contributed by atoms with E-state index in [0.717, 1.165) is 58.3 Å². The van der Waals surface area contributed by atoms with Crippen LogP contribution < -0.4 is 0 Å². The van der Waals surface area contributed by atoms with Gasteiger partial charge in [-0.3, -0.25) is 0 Å². The molecule has 0 fully saturated rings. The zero-order valence-corrected chi connectivity index (χ0v) is 13.1. The van der Waals surface area contributed by atoms with Crippen LogP contribution in [0.25, 0.3) is 0 Å². The first-order chi connectivity index (χ1) is 9.85.